The van der Waals surface area contributed by atoms with Gasteiger partial charge in [0.15, 0.2) is 11.5 Å². The van der Waals surface area contributed by atoms with Gasteiger partial charge in [-0.1, -0.05) is 15.9 Å². The Bertz CT molecular complexity index is 445. The second-order valence-corrected chi connectivity index (χ2v) is 6.25. The number of halogens is 1. The van der Waals surface area contributed by atoms with Crippen LogP contribution < -0.4 is 10.1 Å². The van der Waals surface area contributed by atoms with Crippen LogP contribution in [0.3, 0.4) is 0 Å². The molecule has 2 rings (SSSR count). The lowest BCUT2D eigenvalue weighted by molar-refractivity contribution is 0.175. The van der Waals surface area contributed by atoms with E-state index in [9.17, 15) is 5.11 Å². The molecule has 20 heavy (non-hydrogen) atoms. The zero-order valence-electron chi connectivity index (χ0n) is 11.7. The molecule has 4 nitrogen and oxygen atoms in total. The van der Waals surface area contributed by atoms with E-state index in [0.29, 0.717) is 24.3 Å². The van der Waals surface area contributed by atoms with Crippen molar-refractivity contribution in [1.82, 2.24) is 5.32 Å². The number of hydrogen-bond acceptors (Lipinski definition) is 4. The van der Waals surface area contributed by atoms with Crippen LogP contribution in [-0.2, 0) is 6.54 Å². The van der Waals surface area contributed by atoms with E-state index in [0.717, 1.165) is 42.3 Å². The molecule has 0 aliphatic heterocycles. The van der Waals surface area contributed by atoms with Gasteiger partial charge in [0.2, 0.25) is 0 Å². The minimum absolute atomic E-state index is 0.145. The quantitative estimate of drug-likeness (QED) is 0.769. The van der Waals surface area contributed by atoms with E-state index in [1.165, 1.54) is 0 Å². The molecule has 0 spiro atoms. The van der Waals surface area contributed by atoms with Crippen LogP contribution in [0.4, 0.5) is 0 Å². The highest BCUT2D eigenvalue weighted by atomic mass is 79.9. The first-order chi connectivity index (χ1) is 9.63. The lowest BCUT2D eigenvalue weighted by atomic mass is 9.86. The molecule has 1 aliphatic carbocycles. The maximum absolute atomic E-state index is 9.69. The molecule has 1 aromatic carbocycles. The van der Waals surface area contributed by atoms with E-state index in [4.69, 9.17) is 9.84 Å². The minimum Gasteiger partial charge on any atom is -0.504 e. The van der Waals surface area contributed by atoms with Gasteiger partial charge < -0.3 is 20.3 Å². The van der Waals surface area contributed by atoms with Crippen LogP contribution in [-0.4, -0.2) is 30.0 Å². The molecule has 0 aromatic heterocycles. The lowest BCUT2D eigenvalue weighted by Gasteiger charge is -2.28. The minimum atomic E-state index is 0.145. The van der Waals surface area contributed by atoms with Crippen molar-refractivity contribution in [3.05, 3.63) is 22.2 Å². The van der Waals surface area contributed by atoms with Gasteiger partial charge >= 0.3 is 0 Å². The summed E-state index contributed by atoms with van der Waals surface area (Å²) in [5, 5.41) is 22.4. The Labute approximate surface area is 128 Å². The molecule has 0 amide bonds. The van der Waals surface area contributed by atoms with Gasteiger partial charge in [0.25, 0.3) is 0 Å². The van der Waals surface area contributed by atoms with Gasteiger partial charge in [0.1, 0.15) is 0 Å². The highest BCUT2D eigenvalue weighted by Crippen LogP contribution is 2.32. The van der Waals surface area contributed by atoms with Crippen LogP contribution in [0, 0.1) is 5.92 Å². The fourth-order valence-corrected chi connectivity index (χ4v) is 3.16. The summed E-state index contributed by atoms with van der Waals surface area (Å²) in [4.78, 5) is 0. The van der Waals surface area contributed by atoms with Crippen LogP contribution in [0.1, 0.15) is 31.2 Å². The fourth-order valence-electron chi connectivity index (χ4n) is 2.69. The summed E-state index contributed by atoms with van der Waals surface area (Å²) < 4.78 is 6.02. The Kier molecular flexibility index (Phi) is 5.69. The van der Waals surface area contributed by atoms with Crippen molar-refractivity contribution in [2.24, 2.45) is 5.92 Å². The maximum Gasteiger partial charge on any atom is 0.160 e. The first-order valence-corrected chi connectivity index (χ1v) is 7.83. The topological polar surface area (TPSA) is 61.7 Å². The van der Waals surface area contributed by atoms with E-state index in [-0.39, 0.29) is 5.75 Å². The lowest BCUT2D eigenvalue weighted by Crippen LogP contribution is -2.33. The zero-order valence-corrected chi connectivity index (χ0v) is 13.3. The predicted octanol–water partition coefficient (Wildman–Crippen LogP) is 2.80. The van der Waals surface area contributed by atoms with Gasteiger partial charge in [-0.3, -0.25) is 0 Å². The smallest absolute Gasteiger partial charge is 0.160 e. The van der Waals surface area contributed by atoms with Gasteiger partial charge in [-0.25, -0.2) is 0 Å². The molecule has 1 fully saturated rings. The first kappa shape index (κ1) is 15.6. The Morgan fingerprint density at radius 3 is 2.60 bits per heavy atom. The number of rotatable bonds is 5. The second kappa shape index (κ2) is 7.29. The summed E-state index contributed by atoms with van der Waals surface area (Å²) in [6.45, 7) is 1.05. The van der Waals surface area contributed by atoms with Crippen molar-refractivity contribution in [3.63, 3.8) is 0 Å². The predicted molar refractivity (Wildman–Crippen MR) is 82.0 cm³/mol. The van der Waals surface area contributed by atoms with Crippen molar-refractivity contribution in [2.75, 3.05) is 13.7 Å². The van der Waals surface area contributed by atoms with Crippen LogP contribution in [0.5, 0.6) is 11.5 Å². The fraction of sp³-hybridized carbons (Fsp3) is 0.600. The van der Waals surface area contributed by atoms with Crippen molar-refractivity contribution in [2.45, 2.75) is 38.3 Å². The highest BCUT2D eigenvalue weighted by molar-refractivity contribution is 9.10. The number of nitrogens with one attached hydrogen (secondary N) is 1. The van der Waals surface area contributed by atoms with Crippen LogP contribution >= 0.6 is 15.9 Å². The van der Waals surface area contributed by atoms with E-state index >= 15 is 0 Å². The number of methoxy groups -OCH3 is 1. The molecule has 1 aromatic rings. The van der Waals surface area contributed by atoms with E-state index in [1.54, 1.807) is 13.2 Å². The van der Waals surface area contributed by atoms with Gasteiger partial charge in [0, 0.05) is 23.7 Å². The number of aromatic hydroxyl groups is 1. The normalized spacial score (nSPS) is 22.8. The van der Waals surface area contributed by atoms with E-state index in [1.807, 2.05) is 6.07 Å². The molecular weight excluding hydrogens is 322 g/mol. The Morgan fingerprint density at radius 1 is 1.30 bits per heavy atom. The third-order valence-corrected chi connectivity index (χ3v) is 4.77. The average Bonchev–Trinajstić information content (AvgIpc) is 2.47. The standard InChI is InChI=1S/C15H22BrNO3/c1-20-15-6-11(13(16)7-14(15)19)8-17-12-4-2-10(9-18)3-5-12/h6-7,10,12,17-19H,2-5,8-9H2,1H3. The number of phenols is 1. The summed E-state index contributed by atoms with van der Waals surface area (Å²) in [6.07, 6.45) is 4.40. The number of ether oxygens (including phenoxy) is 1. The van der Waals surface area contributed by atoms with Crippen molar-refractivity contribution < 1.29 is 14.9 Å². The number of phenolic OH excluding ortho intramolecular Hbond substituents is 1. The second-order valence-electron chi connectivity index (χ2n) is 5.40. The molecule has 1 aliphatic rings. The molecule has 0 saturated heterocycles. The third-order valence-electron chi connectivity index (χ3n) is 4.03. The van der Waals surface area contributed by atoms with Gasteiger partial charge in [-0.2, -0.15) is 0 Å². The molecule has 0 bridgehead atoms. The number of aliphatic hydroxyl groups is 1. The number of aliphatic hydroxyl groups excluding tert-OH is 1. The van der Waals surface area contributed by atoms with Crippen LogP contribution in [0.25, 0.3) is 0 Å². The summed E-state index contributed by atoms with van der Waals surface area (Å²) in [6, 6.07) is 4.02. The largest absolute Gasteiger partial charge is 0.504 e. The third kappa shape index (κ3) is 3.87. The maximum atomic E-state index is 9.69. The summed E-state index contributed by atoms with van der Waals surface area (Å²) in [5.74, 6) is 1.12. The number of hydrogen-bond donors (Lipinski definition) is 3. The van der Waals surface area contributed by atoms with E-state index < -0.39 is 0 Å². The van der Waals surface area contributed by atoms with Gasteiger partial charge in [-0.05, 0) is 49.3 Å². The van der Waals surface area contributed by atoms with E-state index in [2.05, 4.69) is 21.2 Å². The first-order valence-electron chi connectivity index (χ1n) is 7.03. The Hall–Kier alpha value is -0.780. The molecule has 5 heteroatoms. The summed E-state index contributed by atoms with van der Waals surface area (Å²) in [7, 11) is 1.55. The molecule has 0 unspecified atom stereocenters. The SMILES string of the molecule is COc1cc(CNC2CCC(CO)CC2)c(Br)cc1O. The molecule has 112 valence electrons. The van der Waals surface area contributed by atoms with Crippen molar-refractivity contribution in [3.8, 4) is 11.5 Å². The van der Waals surface area contributed by atoms with Crippen molar-refractivity contribution >= 4 is 15.9 Å². The molecular formula is C15H22BrNO3. The molecule has 0 radical (unpaired) electrons. The van der Waals surface area contributed by atoms with Crippen LogP contribution in [0.2, 0.25) is 0 Å². The summed E-state index contributed by atoms with van der Waals surface area (Å²) in [5.41, 5.74) is 1.07. The van der Waals surface area contributed by atoms with Crippen molar-refractivity contribution in [1.29, 1.82) is 0 Å². The molecule has 0 atom stereocenters. The Morgan fingerprint density at radius 2 is 2.00 bits per heavy atom. The number of benzene rings is 1. The molecule has 1 saturated carbocycles. The van der Waals surface area contributed by atoms with Gasteiger partial charge in [0.05, 0.1) is 7.11 Å². The molecule has 0 heterocycles. The Balaban J connectivity index is 1.91. The zero-order chi connectivity index (χ0) is 14.5. The van der Waals surface area contributed by atoms with Gasteiger partial charge in [-0.15, -0.1) is 0 Å². The highest BCUT2D eigenvalue weighted by Gasteiger charge is 2.20. The average molecular weight is 344 g/mol. The molecule has 3 N–H and O–H groups in total. The monoisotopic (exact) mass is 343 g/mol. The summed E-state index contributed by atoms with van der Waals surface area (Å²) >= 11 is 3.47. The van der Waals surface area contributed by atoms with Crippen LogP contribution in [0.15, 0.2) is 16.6 Å².